The minimum Gasteiger partial charge on any atom is -0.354 e. The molecule has 0 bridgehead atoms. The number of nitrogens with zero attached hydrogens (tertiary/aromatic N) is 3. The molecule has 25 heavy (non-hydrogen) atoms. The normalized spacial score (nSPS) is 14.4. The number of likely N-dealkylation sites (tertiary alicyclic amines) is 1. The van der Waals surface area contributed by atoms with Crippen LogP contribution in [0.15, 0.2) is 59.3 Å². The van der Waals surface area contributed by atoms with E-state index in [2.05, 4.69) is 22.3 Å². The molecule has 0 spiro atoms. The Labute approximate surface area is 150 Å². The van der Waals surface area contributed by atoms with E-state index in [1.165, 1.54) is 11.8 Å². The van der Waals surface area contributed by atoms with Gasteiger partial charge in [-0.05, 0) is 30.0 Å². The maximum atomic E-state index is 12.5. The smallest absolute Gasteiger partial charge is 0.276 e. The lowest BCUT2D eigenvalue weighted by Crippen LogP contribution is -2.50. The Morgan fingerprint density at radius 1 is 1.20 bits per heavy atom. The molecular formula is C19H16ClN3O2. The summed E-state index contributed by atoms with van der Waals surface area (Å²) in [5.74, 6) is 0.852. The Morgan fingerprint density at radius 2 is 2.00 bits per heavy atom. The van der Waals surface area contributed by atoms with E-state index in [1.807, 2.05) is 18.2 Å². The molecule has 0 radical (unpaired) electrons. The molecule has 0 unspecified atom stereocenters. The first kappa shape index (κ1) is 15.8. The zero-order valence-electron chi connectivity index (χ0n) is 13.4. The standard InChI is InChI=1S/C19H16ClN3O2/c20-15-6-7-16(21-10-15)18-9-17(22-25-18)19(24)23-11-14(12-23)8-13-4-2-1-3-5-13/h1-7,9-10,14H,8,11-12H2. The number of amides is 1. The summed E-state index contributed by atoms with van der Waals surface area (Å²) in [5.41, 5.74) is 2.21. The quantitative estimate of drug-likeness (QED) is 0.717. The van der Waals surface area contributed by atoms with E-state index in [-0.39, 0.29) is 5.91 Å². The molecule has 0 N–H and O–H groups in total. The topological polar surface area (TPSA) is 59.2 Å². The van der Waals surface area contributed by atoms with Gasteiger partial charge < -0.3 is 9.42 Å². The Hall–Kier alpha value is -2.66. The fourth-order valence-electron chi connectivity index (χ4n) is 2.99. The van der Waals surface area contributed by atoms with Crippen LogP contribution >= 0.6 is 11.6 Å². The average molecular weight is 354 g/mol. The Morgan fingerprint density at radius 3 is 2.72 bits per heavy atom. The summed E-state index contributed by atoms with van der Waals surface area (Å²) >= 11 is 5.82. The molecule has 1 aromatic carbocycles. The van der Waals surface area contributed by atoms with Crippen molar-refractivity contribution in [2.75, 3.05) is 13.1 Å². The molecular weight excluding hydrogens is 338 g/mol. The molecule has 2 aromatic heterocycles. The van der Waals surface area contributed by atoms with Crippen LogP contribution in [0.1, 0.15) is 16.1 Å². The molecule has 0 atom stereocenters. The van der Waals surface area contributed by atoms with Gasteiger partial charge in [0.1, 0.15) is 5.69 Å². The van der Waals surface area contributed by atoms with Crippen molar-refractivity contribution in [3.63, 3.8) is 0 Å². The number of pyridine rings is 1. The number of carbonyl (C=O) groups excluding carboxylic acids is 1. The molecule has 1 saturated heterocycles. The highest BCUT2D eigenvalue weighted by Gasteiger charge is 2.32. The van der Waals surface area contributed by atoms with E-state index in [9.17, 15) is 4.79 Å². The number of rotatable bonds is 4. The maximum Gasteiger partial charge on any atom is 0.276 e. The summed E-state index contributed by atoms with van der Waals surface area (Å²) in [4.78, 5) is 18.5. The first-order valence-electron chi connectivity index (χ1n) is 8.11. The first-order chi connectivity index (χ1) is 12.2. The highest BCUT2D eigenvalue weighted by atomic mass is 35.5. The van der Waals surface area contributed by atoms with Gasteiger partial charge in [-0.25, -0.2) is 0 Å². The lowest BCUT2D eigenvalue weighted by Gasteiger charge is -2.38. The predicted molar refractivity (Wildman–Crippen MR) is 94.3 cm³/mol. The van der Waals surface area contributed by atoms with Gasteiger partial charge in [0.05, 0.1) is 5.02 Å². The third kappa shape index (κ3) is 3.42. The van der Waals surface area contributed by atoms with Crippen molar-refractivity contribution in [1.82, 2.24) is 15.0 Å². The van der Waals surface area contributed by atoms with Crippen LogP contribution in [-0.2, 0) is 6.42 Å². The van der Waals surface area contributed by atoms with E-state index in [1.54, 1.807) is 23.1 Å². The molecule has 1 fully saturated rings. The van der Waals surface area contributed by atoms with Crippen molar-refractivity contribution in [3.05, 3.63) is 71.0 Å². The fraction of sp³-hybridized carbons (Fsp3) is 0.211. The second-order valence-corrected chi connectivity index (χ2v) is 6.64. The van der Waals surface area contributed by atoms with E-state index in [0.29, 0.717) is 28.1 Å². The highest BCUT2D eigenvalue weighted by Crippen LogP contribution is 2.24. The average Bonchev–Trinajstić information content (AvgIpc) is 3.09. The molecule has 3 aromatic rings. The van der Waals surface area contributed by atoms with Gasteiger partial charge in [0, 0.05) is 25.4 Å². The number of halogens is 1. The van der Waals surface area contributed by atoms with Gasteiger partial charge in [-0.15, -0.1) is 0 Å². The third-order valence-corrected chi connectivity index (χ3v) is 4.54. The zero-order valence-corrected chi connectivity index (χ0v) is 14.2. The molecule has 3 heterocycles. The van der Waals surface area contributed by atoms with Crippen LogP contribution in [0.4, 0.5) is 0 Å². The van der Waals surface area contributed by atoms with Crippen LogP contribution < -0.4 is 0 Å². The number of hydrogen-bond acceptors (Lipinski definition) is 4. The molecule has 5 nitrogen and oxygen atoms in total. The van der Waals surface area contributed by atoms with Crippen LogP contribution in [-0.4, -0.2) is 34.0 Å². The summed E-state index contributed by atoms with van der Waals surface area (Å²) in [6.07, 6.45) is 2.52. The fourth-order valence-corrected chi connectivity index (χ4v) is 3.10. The Bertz CT molecular complexity index is 871. The number of hydrogen-bond donors (Lipinski definition) is 0. The van der Waals surface area contributed by atoms with Crippen LogP contribution in [0.5, 0.6) is 0 Å². The molecule has 1 aliphatic heterocycles. The zero-order chi connectivity index (χ0) is 17.2. The molecule has 1 aliphatic rings. The third-order valence-electron chi connectivity index (χ3n) is 4.32. The molecule has 0 saturated carbocycles. The van der Waals surface area contributed by atoms with Crippen LogP contribution in [0.25, 0.3) is 11.5 Å². The first-order valence-corrected chi connectivity index (χ1v) is 8.48. The largest absolute Gasteiger partial charge is 0.354 e. The lowest BCUT2D eigenvalue weighted by atomic mass is 9.92. The predicted octanol–water partition coefficient (Wildman–Crippen LogP) is 3.70. The summed E-state index contributed by atoms with van der Waals surface area (Å²) in [6, 6.07) is 15.4. The van der Waals surface area contributed by atoms with Gasteiger partial charge >= 0.3 is 0 Å². The minimum atomic E-state index is -0.103. The van der Waals surface area contributed by atoms with E-state index < -0.39 is 0 Å². The van der Waals surface area contributed by atoms with E-state index in [4.69, 9.17) is 16.1 Å². The van der Waals surface area contributed by atoms with Gasteiger partial charge in [-0.1, -0.05) is 47.1 Å². The monoisotopic (exact) mass is 353 g/mol. The van der Waals surface area contributed by atoms with Gasteiger partial charge in [0.25, 0.3) is 5.91 Å². The molecule has 126 valence electrons. The molecule has 0 aliphatic carbocycles. The van der Waals surface area contributed by atoms with Gasteiger partial charge in [0.2, 0.25) is 0 Å². The molecule has 4 rings (SSSR count). The number of carbonyl (C=O) groups is 1. The second kappa shape index (κ2) is 6.69. The van der Waals surface area contributed by atoms with Gasteiger partial charge in [0.15, 0.2) is 11.5 Å². The van der Waals surface area contributed by atoms with Crippen molar-refractivity contribution in [3.8, 4) is 11.5 Å². The van der Waals surface area contributed by atoms with E-state index >= 15 is 0 Å². The second-order valence-electron chi connectivity index (χ2n) is 6.20. The Kier molecular flexibility index (Phi) is 4.24. The van der Waals surface area contributed by atoms with Crippen molar-refractivity contribution in [1.29, 1.82) is 0 Å². The van der Waals surface area contributed by atoms with Crippen molar-refractivity contribution >= 4 is 17.5 Å². The van der Waals surface area contributed by atoms with Crippen molar-refractivity contribution < 1.29 is 9.32 Å². The highest BCUT2D eigenvalue weighted by molar-refractivity contribution is 6.30. The SMILES string of the molecule is O=C(c1cc(-c2ccc(Cl)cn2)on1)N1CC(Cc2ccccc2)C1. The minimum absolute atomic E-state index is 0.103. The van der Waals surface area contributed by atoms with Crippen LogP contribution in [0.3, 0.4) is 0 Å². The van der Waals surface area contributed by atoms with Gasteiger partial charge in [-0.2, -0.15) is 0 Å². The maximum absolute atomic E-state index is 12.5. The summed E-state index contributed by atoms with van der Waals surface area (Å²) in [6.45, 7) is 1.49. The van der Waals surface area contributed by atoms with Gasteiger partial charge in [-0.3, -0.25) is 9.78 Å². The summed E-state index contributed by atoms with van der Waals surface area (Å²) < 4.78 is 5.25. The summed E-state index contributed by atoms with van der Waals surface area (Å²) in [5, 5.41) is 4.43. The lowest BCUT2D eigenvalue weighted by molar-refractivity contribution is 0.0491. The molecule has 6 heteroatoms. The van der Waals surface area contributed by atoms with Crippen LogP contribution in [0.2, 0.25) is 5.02 Å². The van der Waals surface area contributed by atoms with E-state index in [0.717, 1.165) is 19.5 Å². The number of aromatic nitrogens is 2. The summed E-state index contributed by atoms with van der Waals surface area (Å²) in [7, 11) is 0. The van der Waals surface area contributed by atoms with Crippen molar-refractivity contribution in [2.45, 2.75) is 6.42 Å². The van der Waals surface area contributed by atoms with Crippen molar-refractivity contribution in [2.24, 2.45) is 5.92 Å². The molecule has 1 amide bonds. The van der Waals surface area contributed by atoms with Crippen LogP contribution in [0, 0.1) is 5.92 Å². The Balaban J connectivity index is 1.37. The number of benzene rings is 1.